The summed E-state index contributed by atoms with van der Waals surface area (Å²) in [6.45, 7) is 0.294. The van der Waals surface area contributed by atoms with Gasteiger partial charge in [0, 0.05) is 17.1 Å². The Kier molecular flexibility index (Phi) is 2.53. The van der Waals surface area contributed by atoms with Crippen molar-refractivity contribution in [3.8, 4) is 11.4 Å². The van der Waals surface area contributed by atoms with Crippen molar-refractivity contribution >= 4 is 10.9 Å². The number of aromatic nitrogens is 3. The Hall–Kier alpha value is -2.27. The summed E-state index contributed by atoms with van der Waals surface area (Å²) in [6, 6.07) is 8.27. The first kappa shape index (κ1) is 10.9. The largest absolute Gasteiger partial charge is 0.353 e. The molecule has 0 spiro atoms. The van der Waals surface area contributed by atoms with Gasteiger partial charge in [0.25, 0.3) is 0 Å². The monoisotopic (exact) mass is 242 g/mol. The second kappa shape index (κ2) is 4.19. The van der Waals surface area contributed by atoms with Gasteiger partial charge < -0.3 is 10.7 Å². The van der Waals surface area contributed by atoms with Crippen LogP contribution in [-0.4, -0.2) is 15.0 Å². The van der Waals surface area contributed by atoms with Gasteiger partial charge in [-0.1, -0.05) is 0 Å². The van der Waals surface area contributed by atoms with Gasteiger partial charge in [-0.15, -0.1) is 0 Å². The number of aromatic amines is 1. The van der Waals surface area contributed by atoms with Crippen molar-refractivity contribution in [1.82, 2.24) is 15.0 Å². The third-order valence-corrected chi connectivity index (χ3v) is 2.75. The summed E-state index contributed by atoms with van der Waals surface area (Å²) in [7, 11) is 0. The van der Waals surface area contributed by atoms with Crippen LogP contribution in [0.5, 0.6) is 0 Å². The number of hydrogen-bond acceptors (Lipinski definition) is 3. The summed E-state index contributed by atoms with van der Waals surface area (Å²) in [5.41, 5.74) is 7.96. The van der Waals surface area contributed by atoms with Crippen LogP contribution in [-0.2, 0) is 6.54 Å². The molecule has 0 fully saturated rings. The van der Waals surface area contributed by atoms with Gasteiger partial charge in [-0.3, -0.25) is 0 Å². The number of nitrogens with one attached hydrogen (secondary N) is 1. The van der Waals surface area contributed by atoms with E-state index in [-0.39, 0.29) is 5.82 Å². The fourth-order valence-corrected chi connectivity index (χ4v) is 1.89. The number of nitrogens with two attached hydrogens (primary N) is 1. The predicted molar refractivity (Wildman–Crippen MR) is 67.2 cm³/mol. The van der Waals surface area contributed by atoms with Gasteiger partial charge in [-0.2, -0.15) is 0 Å². The average molecular weight is 242 g/mol. The zero-order valence-electron chi connectivity index (χ0n) is 9.52. The molecular weight excluding hydrogens is 231 g/mol. The van der Waals surface area contributed by atoms with Crippen molar-refractivity contribution in [2.45, 2.75) is 6.54 Å². The van der Waals surface area contributed by atoms with Crippen molar-refractivity contribution in [3.05, 3.63) is 48.2 Å². The minimum absolute atomic E-state index is 0.251. The van der Waals surface area contributed by atoms with Crippen molar-refractivity contribution < 1.29 is 4.39 Å². The summed E-state index contributed by atoms with van der Waals surface area (Å²) in [5, 5.41) is 0.818. The van der Waals surface area contributed by atoms with Crippen LogP contribution < -0.4 is 5.73 Å². The molecular formula is C13H11FN4. The van der Waals surface area contributed by atoms with Gasteiger partial charge in [0.15, 0.2) is 0 Å². The lowest BCUT2D eigenvalue weighted by Crippen LogP contribution is -2.03. The molecule has 2 aromatic heterocycles. The van der Waals surface area contributed by atoms with E-state index in [1.807, 2.05) is 6.07 Å². The SMILES string of the molecule is NCc1nccc(-c2cc3cc(F)ccc3[nH]2)n1. The summed E-state index contributed by atoms with van der Waals surface area (Å²) in [4.78, 5) is 11.6. The van der Waals surface area contributed by atoms with E-state index in [1.165, 1.54) is 12.1 Å². The van der Waals surface area contributed by atoms with Crippen LogP contribution in [0.1, 0.15) is 5.82 Å². The maximum absolute atomic E-state index is 13.1. The molecule has 1 aromatic carbocycles. The van der Waals surface area contributed by atoms with E-state index in [0.29, 0.717) is 12.4 Å². The maximum atomic E-state index is 13.1. The highest BCUT2D eigenvalue weighted by molar-refractivity contribution is 5.85. The summed E-state index contributed by atoms with van der Waals surface area (Å²) < 4.78 is 13.1. The Morgan fingerprint density at radius 3 is 2.94 bits per heavy atom. The molecule has 0 bridgehead atoms. The van der Waals surface area contributed by atoms with E-state index < -0.39 is 0 Å². The van der Waals surface area contributed by atoms with Crippen LogP contribution in [0, 0.1) is 5.82 Å². The quantitative estimate of drug-likeness (QED) is 0.724. The Bertz CT molecular complexity index is 705. The predicted octanol–water partition coefficient (Wildman–Crippen LogP) is 2.22. The smallest absolute Gasteiger partial charge is 0.142 e. The molecule has 0 radical (unpaired) electrons. The lowest BCUT2D eigenvalue weighted by atomic mass is 10.2. The van der Waals surface area contributed by atoms with Gasteiger partial charge in [0.2, 0.25) is 0 Å². The topological polar surface area (TPSA) is 67.6 Å². The van der Waals surface area contributed by atoms with Gasteiger partial charge >= 0.3 is 0 Å². The lowest BCUT2D eigenvalue weighted by molar-refractivity contribution is 0.630. The van der Waals surface area contributed by atoms with Crippen LogP contribution in [0.2, 0.25) is 0 Å². The van der Waals surface area contributed by atoms with Crippen LogP contribution >= 0.6 is 0 Å². The molecule has 3 aromatic rings. The van der Waals surface area contributed by atoms with Gasteiger partial charge in [0.1, 0.15) is 11.6 Å². The van der Waals surface area contributed by atoms with E-state index in [4.69, 9.17) is 5.73 Å². The van der Waals surface area contributed by atoms with E-state index >= 15 is 0 Å². The number of hydrogen-bond donors (Lipinski definition) is 2. The molecule has 0 aliphatic heterocycles. The number of rotatable bonds is 2. The van der Waals surface area contributed by atoms with Crippen molar-refractivity contribution in [3.63, 3.8) is 0 Å². The molecule has 0 saturated carbocycles. The maximum Gasteiger partial charge on any atom is 0.142 e. The van der Waals surface area contributed by atoms with Crippen LogP contribution in [0.4, 0.5) is 4.39 Å². The number of nitrogens with zero attached hydrogens (tertiary/aromatic N) is 2. The summed E-state index contributed by atoms with van der Waals surface area (Å²) >= 11 is 0. The molecule has 0 aliphatic carbocycles. The molecule has 5 heteroatoms. The van der Waals surface area contributed by atoms with E-state index in [2.05, 4.69) is 15.0 Å². The van der Waals surface area contributed by atoms with E-state index in [0.717, 1.165) is 22.3 Å². The van der Waals surface area contributed by atoms with Gasteiger partial charge in [0.05, 0.1) is 17.9 Å². The van der Waals surface area contributed by atoms with Crippen LogP contribution in [0.25, 0.3) is 22.3 Å². The fourth-order valence-electron chi connectivity index (χ4n) is 1.89. The first-order chi connectivity index (χ1) is 8.76. The molecule has 2 heterocycles. The zero-order valence-corrected chi connectivity index (χ0v) is 9.52. The first-order valence-electron chi connectivity index (χ1n) is 5.57. The van der Waals surface area contributed by atoms with Crippen molar-refractivity contribution in [2.75, 3.05) is 0 Å². The highest BCUT2D eigenvalue weighted by atomic mass is 19.1. The van der Waals surface area contributed by atoms with Crippen LogP contribution in [0.15, 0.2) is 36.5 Å². The molecule has 3 N–H and O–H groups in total. The number of halogens is 1. The molecule has 0 unspecified atom stereocenters. The second-order valence-electron chi connectivity index (χ2n) is 3.98. The normalized spacial score (nSPS) is 11.0. The number of benzene rings is 1. The molecule has 0 amide bonds. The Morgan fingerprint density at radius 1 is 1.22 bits per heavy atom. The fraction of sp³-hybridized carbons (Fsp3) is 0.0769. The zero-order chi connectivity index (χ0) is 12.5. The molecule has 0 saturated heterocycles. The molecule has 4 nitrogen and oxygen atoms in total. The van der Waals surface area contributed by atoms with Crippen molar-refractivity contribution in [2.24, 2.45) is 5.73 Å². The first-order valence-corrected chi connectivity index (χ1v) is 5.57. The Labute approximate surface area is 103 Å². The third-order valence-electron chi connectivity index (χ3n) is 2.75. The molecule has 18 heavy (non-hydrogen) atoms. The van der Waals surface area contributed by atoms with Crippen LogP contribution in [0.3, 0.4) is 0 Å². The standard InChI is InChI=1S/C13H11FN4/c14-9-1-2-10-8(5-9)6-12(17-10)11-3-4-16-13(7-15)18-11/h1-6,17H,7,15H2. The molecule has 3 rings (SSSR count). The molecule has 90 valence electrons. The highest BCUT2D eigenvalue weighted by Crippen LogP contribution is 2.23. The summed E-state index contributed by atoms with van der Waals surface area (Å²) in [5.74, 6) is 0.329. The third kappa shape index (κ3) is 1.84. The minimum atomic E-state index is -0.251. The second-order valence-corrected chi connectivity index (χ2v) is 3.98. The Morgan fingerprint density at radius 2 is 2.11 bits per heavy atom. The van der Waals surface area contributed by atoms with Gasteiger partial charge in [-0.25, -0.2) is 14.4 Å². The molecule has 0 atom stereocenters. The molecule has 0 aliphatic rings. The average Bonchev–Trinajstić information content (AvgIpc) is 2.81. The van der Waals surface area contributed by atoms with Crippen molar-refractivity contribution in [1.29, 1.82) is 0 Å². The summed E-state index contributed by atoms with van der Waals surface area (Å²) in [6.07, 6.45) is 1.66. The minimum Gasteiger partial charge on any atom is -0.353 e. The highest BCUT2D eigenvalue weighted by Gasteiger charge is 2.06. The van der Waals surface area contributed by atoms with E-state index in [9.17, 15) is 4.39 Å². The number of H-pyrrole nitrogens is 1. The number of fused-ring (bicyclic) bond motifs is 1. The lowest BCUT2D eigenvalue weighted by Gasteiger charge is -1.99. The Balaban J connectivity index is 2.13. The van der Waals surface area contributed by atoms with E-state index in [1.54, 1.807) is 18.3 Å². The van der Waals surface area contributed by atoms with Gasteiger partial charge in [-0.05, 0) is 30.3 Å².